The van der Waals surface area contributed by atoms with Crippen molar-refractivity contribution < 1.29 is 14.3 Å². The summed E-state index contributed by atoms with van der Waals surface area (Å²) in [5, 5.41) is 2.93. The first kappa shape index (κ1) is 15.9. The lowest BCUT2D eigenvalue weighted by Gasteiger charge is -2.13. The van der Waals surface area contributed by atoms with Gasteiger partial charge >= 0.3 is 0 Å². The molecule has 0 aliphatic heterocycles. The first-order valence-electron chi connectivity index (χ1n) is 7.11. The Hall–Kier alpha value is -2.49. The van der Waals surface area contributed by atoms with Gasteiger partial charge in [-0.15, -0.1) is 0 Å². The summed E-state index contributed by atoms with van der Waals surface area (Å²) in [6, 6.07) is 11.3. The summed E-state index contributed by atoms with van der Waals surface area (Å²) in [6.45, 7) is 4.42. The number of amides is 1. The molecule has 0 aliphatic carbocycles. The molecule has 0 fully saturated rings. The van der Waals surface area contributed by atoms with E-state index in [0.29, 0.717) is 23.6 Å². The molecule has 0 unspecified atom stereocenters. The van der Waals surface area contributed by atoms with Crippen LogP contribution in [-0.4, -0.2) is 20.1 Å². The Morgan fingerprint density at radius 2 is 1.59 bits per heavy atom. The van der Waals surface area contributed by atoms with Crippen LogP contribution in [0.3, 0.4) is 0 Å². The van der Waals surface area contributed by atoms with Gasteiger partial charge in [0.25, 0.3) is 5.91 Å². The zero-order valence-electron chi connectivity index (χ0n) is 13.4. The molecule has 1 N–H and O–H groups in total. The number of carbonyl (C=O) groups is 1. The molecule has 2 aromatic carbocycles. The first-order valence-corrected chi connectivity index (χ1v) is 7.11. The van der Waals surface area contributed by atoms with E-state index in [0.717, 1.165) is 16.7 Å². The van der Waals surface area contributed by atoms with Gasteiger partial charge in [-0.2, -0.15) is 0 Å². The third-order valence-corrected chi connectivity index (χ3v) is 3.60. The third-order valence-electron chi connectivity index (χ3n) is 3.60. The van der Waals surface area contributed by atoms with Gasteiger partial charge in [0.1, 0.15) is 0 Å². The number of benzene rings is 2. The van der Waals surface area contributed by atoms with Crippen molar-refractivity contribution in [3.8, 4) is 11.5 Å². The Kier molecular flexibility index (Phi) is 5.04. The Bertz CT molecular complexity index is 663. The fourth-order valence-electron chi connectivity index (χ4n) is 2.20. The zero-order chi connectivity index (χ0) is 16.1. The van der Waals surface area contributed by atoms with Crippen LogP contribution in [0.2, 0.25) is 0 Å². The first-order chi connectivity index (χ1) is 10.5. The summed E-state index contributed by atoms with van der Waals surface area (Å²) >= 11 is 0. The van der Waals surface area contributed by atoms with E-state index in [1.807, 2.05) is 50.2 Å². The molecular weight excluding hydrogens is 278 g/mol. The van der Waals surface area contributed by atoms with Crippen molar-refractivity contribution in [2.24, 2.45) is 0 Å². The van der Waals surface area contributed by atoms with E-state index < -0.39 is 0 Å². The van der Waals surface area contributed by atoms with Crippen LogP contribution in [0.15, 0.2) is 36.4 Å². The van der Waals surface area contributed by atoms with Crippen molar-refractivity contribution in [3.63, 3.8) is 0 Å². The van der Waals surface area contributed by atoms with E-state index >= 15 is 0 Å². The van der Waals surface area contributed by atoms with Crippen LogP contribution in [0, 0.1) is 13.8 Å². The van der Waals surface area contributed by atoms with Gasteiger partial charge in [0, 0.05) is 12.1 Å². The van der Waals surface area contributed by atoms with Gasteiger partial charge < -0.3 is 14.8 Å². The minimum absolute atomic E-state index is 0.0887. The summed E-state index contributed by atoms with van der Waals surface area (Å²) in [6.07, 6.45) is 0. The van der Waals surface area contributed by atoms with Crippen molar-refractivity contribution in [3.05, 3.63) is 58.7 Å². The van der Waals surface area contributed by atoms with Crippen LogP contribution in [0.5, 0.6) is 11.5 Å². The lowest BCUT2D eigenvalue weighted by Crippen LogP contribution is -2.23. The van der Waals surface area contributed by atoms with Crippen molar-refractivity contribution in [1.82, 2.24) is 5.32 Å². The third kappa shape index (κ3) is 3.58. The highest BCUT2D eigenvalue weighted by molar-refractivity contribution is 5.94. The molecule has 0 radical (unpaired) electrons. The molecule has 0 saturated carbocycles. The van der Waals surface area contributed by atoms with Gasteiger partial charge in [0.05, 0.1) is 14.2 Å². The minimum Gasteiger partial charge on any atom is -0.493 e. The fraction of sp³-hybridized carbons (Fsp3) is 0.278. The number of hydrogen-bond donors (Lipinski definition) is 1. The highest BCUT2D eigenvalue weighted by Crippen LogP contribution is 2.30. The van der Waals surface area contributed by atoms with E-state index in [2.05, 4.69) is 5.32 Å². The lowest BCUT2D eigenvalue weighted by molar-refractivity contribution is 0.0951. The molecule has 0 atom stereocenters. The average Bonchev–Trinajstić information content (AvgIpc) is 2.53. The number of hydrogen-bond acceptors (Lipinski definition) is 3. The van der Waals surface area contributed by atoms with Crippen molar-refractivity contribution in [2.45, 2.75) is 20.4 Å². The molecule has 0 saturated heterocycles. The predicted molar refractivity (Wildman–Crippen MR) is 86.6 cm³/mol. The number of rotatable bonds is 5. The summed E-state index contributed by atoms with van der Waals surface area (Å²) < 4.78 is 10.6. The van der Waals surface area contributed by atoms with Crippen molar-refractivity contribution in [1.29, 1.82) is 0 Å². The number of carbonyl (C=O) groups excluding carboxylic acids is 1. The maximum absolute atomic E-state index is 12.2. The lowest BCUT2D eigenvalue weighted by atomic mass is 10.1. The number of aryl methyl sites for hydroxylation is 2. The minimum atomic E-state index is -0.0887. The Labute approximate surface area is 131 Å². The van der Waals surface area contributed by atoms with Crippen LogP contribution >= 0.6 is 0 Å². The Morgan fingerprint density at radius 3 is 2.18 bits per heavy atom. The van der Waals surface area contributed by atoms with Gasteiger partial charge in [-0.25, -0.2) is 0 Å². The number of ether oxygens (including phenoxy) is 2. The van der Waals surface area contributed by atoms with E-state index in [1.54, 1.807) is 14.2 Å². The van der Waals surface area contributed by atoms with Crippen LogP contribution in [0.4, 0.5) is 0 Å². The van der Waals surface area contributed by atoms with Crippen LogP contribution < -0.4 is 14.8 Å². The van der Waals surface area contributed by atoms with Gasteiger partial charge in [0.15, 0.2) is 11.5 Å². The normalized spacial score (nSPS) is 10.2. The molecule has 0 aromatic heterocycles. The average molecular weight is 299 g/mol. The van der Waals surface area contributed by atoms with E-state index in [4.69, 9.17) is 9.47 Å². The molecule has 4 nitrogen and oxygen atoms in total. The van der Waals surface area contributed by atoms with Gasteiger partial charge in [0.2, 0.25) is 0 Å². The van der Waals surface area contributed by atoms with Crippen molar-refractivity contribution in [2.75, 3.05) is 14.2 Å². The maximum atomic E-state index is 12.2. The molecule has 116 valence electrons. The quantitative estimate of drug-likeness (QED) is 0.922. The zero-order valence-corrected chi connectivity index (χ0v) is 13.4. The van der Waals surface area contributed by atoms with Gasteiger partial charge in [-0.3, -0.25) is 4.79 Å². The molecular formula is C18H21NO3. The molecule has 0 spiro atoms. The highest BCUT2D eigenvalue weighted by atomic mass is 16.5. The summed E-state index contributed by atoms with van der Waals surface area (Å²) in [7, 11) is 3.21. The summed E-state index contributed by atoms with van der Waals surface area (Å²) in [4.78, 5) is 12.2. The van der Waals surface area contributed by atoms with Gasteiger partial charge in [-0.05, 0) is 49.2 Å². The SMILES string of the molecule is COc1cc(C)c(CNC(=O)c2ccc(C)cc2)cc1OC. The monoisotopic (exact) mass is 299 g/mol. The standard InChI is InChI=1S/C18H21NO3/c1-12-5-7-14(8-6-12)18(20)19-11-15-10-17(22-4)16(21-3)9-13(15)2/h5-10H,11H2,1-4H3,(H,19,20). The Morgan fingerprint density at radius 1 is 1.00 bits per heavy atom. The second kappa shape index (κ2) is 6.98. The van der Waals surface area contributed by atoms with E-state index in [-0.39, 0.29) is 5.91 Å². The second-order valence-corrected chi connectivity index (χ2v) is 5.18. The molecule has 2 rings (SSSR count). The number of nitrogens with one attached hydrogen (secondary N) is 1. The predicted octanol–water partition coefficient (Wildman–Crippen LogP) is 3.25. The second-order valence-electron chi connectivity index (χ2n) is 5.18. The topological polar surface area (TPSA) is 47.6 Å². The maximum Gasteiger partial charge on any atom is 0.251 e. The van der Waals surface area contributed by atoms with E-state index in [1.165, 1.54) is 0 Å². The van der Waals surface area contributed by atoms with Crippen LogP contribution in [0.25, 0.3) is 0 Å². The molecule has 2 aromatic rings. The summed E-state index contributed by atoms with van der Waals surface area (Å²) in [5.74, 6) is 1.26. The molecule has 0 bridgehead atoms. The molecule has 4 heteroatoms. The summed E-state index contributed by atoms with van der Waals surface area (Å²) in [5.41, 5.74) is 3.83. The molecule has 1 amide bonds. The molecule has 22 heavy (non-hydrogen) atoms. The van der Waals surface area contributed by atoms with Gasteiger partial charge in [-0.1, -0.05) is 17.7 Å². The van der Waals surface area contributed by atoms with Crippen LogP contribution in [-0.2, 0) is 6.54 Å². The Balaban J connectivity index is 2.11. The largest absolute Gasteiger partial charge is 0.493 e. The smallest absolute Gasteiger partial charge is 0.251 e. The fourth-order valence-corrected chi connectivity index (χ4v) is 2.20. The highest BCUT2D eigenvalue weighted by Gasteiger charge is 2.10. The molecule has 0 heterocycles. The van der Waals surface area contributed by atoms with Crippen LogP contribution in [0.1, 0.15) is 27.0 Å². The van der Waals surface area contributed by atoms with Crippen molar-refractivity contribution >= 4 is 5.91 Å². The molecule has 0 aliphatic rings. The number of methoxy groups -OCH3 is 2. The van der Waals surface area contributed by atoms with E-state index in [9.17, 15) is 4.79 Å².